The fourth-order valence-corrected chi connectivity index (χ4v) is 6.58. The lowest BCUT2D eigenvalue weighted by Crippen LogP contribution is -2.06. The third-order valence-electron chi connectivity index (χ3n) is 7.33. The molecule has 0 aliphatic rings. The van der Waals surface area contributed by atoms with Crippen molar-refractivity contribution in [1.29, 1.82) is 0 Å². The van der Waals surface area contributed by atoms with Crippen LogP contribution in [0.4, 0.5) is 94.3 Å². The first-order valence-corrected chi connectivity index (χ1v) is 20.6. The lowest BCUT2D eigenvalue weighted by molar-refractivity contribution is -0.385. The molecule has 0 fully saturated rings. The van der Waals surface area contributed by atoms with Gasteiger partial charge < -0.3 is 0 Å². The molecule has 0 heterocycles. The molecule has 70 heavy (non-hydrogen) atoms. The summed E-state index contributed by atoms with van der Waals surface area (Å²) in [5.74, 6) is 0. The normalized spacial score (nSPS) is 11.4. The van der Waals surface area contributed by atoms with Gasteiger partial charge in [-0.2, -0.15) is 65.9 Å². The van der Waals surface area contributed by atoms with Gasteiger partial charge in [0, 0.05) is 83.0 Å². The molecule has 0 radical (unpaired) electrons. The summed E-state index contributed by atoms with van der Waals surface area (Å²) >= 11 is 13.4. The largest absolute Gasteiger partial charge is 0.417 e. The van der Waals surface area contributed by atoms with Crippen molar-refractivity contribution in [3.05, 3.63) is 192 Å². The number of halogens is 20. The number of benzene rings is 5. The van der Waals surface area contributed by atoms with E-state index in [1.54, 1.807) is 0 Å². The summed E-state index contributed by atoms with van der Waals surface area (Å²) in [5, 5.41) is 51.1. The van der Waals surface area contributed by atoms with Crippen LogP contribution in [0, 0.1) is 50.6 Å². The smallest absolute Gasteiger partial charge is 0.258 e. The predicted octanol–water partition coefficient (Wildman–Crippen LogP) is 16.9. The van der Waals surface area contributed by atoms with E-state index in [2.05, 4.69) is 79.6 Å². The maximum Gasteiger partial charge on any atom is 0.417 e. The Balaban J connectivity index is 0.000000437. The molecule has 0 N–H and O–H groups in total. The zero-order chi connectivity index (χ0) is 54.7. The molecule has 0 spiro atoms. The van der Waals surface area contributed by atoms with Crippen molar-refractivity contribution in [2.24, 2.45) is 0 Å². The van der Waals surface area contributed by atoms with E-state index in [0.717, 1.165) is 60.7 Å². The monoisotopic (exact) mass is 1340 g/mol. The fourth-order valence-electron chi connectivity index (χ4n) is 4.22. The predicted molar refractivity (Wildman–Crippen MR) is 229 cm³/mol. The molecule has 35 heteroatoms. The van der Waals surface area contributed by atoms with Crippen molar-refractivity contribution in [2.45, 2.75) is 30.9 Å². The van der Waals surface area contributed by atoms with Crippen LogP contribution in [-0.4, -0.2) is 24.6 Å². The van der Waals surface area contributed by atoms with Crippen molar-refractivity contribution < 1.29 is 90.5 Å². The maximum atomic E-state index is 12.2. The second-order valence-corrected chi connectivity index (χ2v) is 16.4. The number of alkyl halides is 15. The van der Waals surface area contributed by atoms with Crippen LogP contribution in [0.2, 0.25) is 0 Å². The Labute approximate surface area is 419 Å². The molecule has 5 aromatic rings. The zero-order valence-corrected chi connectivity index (χ0v) is 40.5. The molecule has 0 saturated heterocycles. The van der Waals surface area contributed by atoms with E-state index in [1.807, 2.05) is 0 Å². The van der Waals surface area contributed by atoms with Gasteiger partial charge in [0.25, 0.3) is 28.4 Å². The van der Waals surface area contributed by atoms with Crippen molar-refractivity contribution in [1.82, 2.24) is 0 Å². The van der Waals surface area contributed by atoms with Crippen LogP contribution < -0.4 is 0 Å². The van der Waals surface area contributed by atoms with Gasteiger partial charge in [-0.05, 0) is 30.3 Å². The molecule has 5 aromatic carbocycles. The Bertz CT molecular complexity index is 2320. The number of hydrogen-bond donors (Lipinski definition) is 0. The number of nitro benzene ring substituents is 5. The Morgan fingerprint density at radius 1 is 0.271 bits per heavy atom. The van der Waals surface area contributed by atoms with Crippen LogP contribution >= 0.6 is 79.6 Å². The van der Waals surface area contributed by atoms with Crippen LogP contribution in [0.1, 0.15) is 27.8 Å². The van der Waals surface area contributed by atoms with Gasteiger partial charge in [0.15, 0.2) is 0 Å². The highest BCUT2D eigenvalue weighted by molar-refractivity contribution is 9.11. The molecule has 15 nitrogen and oxygen atoms in total. The van der Waals surface area contributed by atoms with Gasteiger partial charge in [0.2, 0.25) is 0 Å². The van der Waals surface area contributed by atoms with Crippen LogP contribution in [0.5, 0.6) is 0 Å². The molecular weight excluding hydrogens is 1330 g/mol. The molecule has 0 amide bonds. The molecule has 0 bridgehead atoms. The second-order valence-electron chi connectivity index (χ2n) is 12.1. The van der Waals surface area contributed by atoms with E-state index in [1.165, 1.54) is 0 Å². The van der Waals surface area contributed by atoms with Crippen molar-refractivity contribution >= 4 is 108 Å². The molecule has 380 valence electrons. The maximum absolute atomic E-state index is 12.2. The fraction of sp³-hybridized carbons (Fsp3) is 0.143. The minimum Gasteiger partial charge on any atom is -0.258 e. The standard InChI is InChI=1S/5C7H3BrF3NO2/c5*8-6-2-1-4(12(13)14)3-5(6)7(9,10)11/h5*1-3H. The van der Waals surface area contributed by atoms with Crippen LogP contribution in [0.15, 0.2) is 113 Å². The van der Waals surface area contributed by atoms with Gasteiger partial charge >= 0.3 is 30.9 Å². The molecule has 0 aliphatic heterocycles. The highest BCUT2D eigenvalue weighted by atomic mass is 79.9. The van der Waals surface area contributed by atoms with E-state index >= 15 is 0 Å². The Hall–Kier alpha value is -5.55. The topological polar surface area (TPSA) is 216 Å². The minimum atomic E-state index is -4.59. The Morgan fingerprint density at radius 2 is 0.386 bits per heavy atom. The second kappa shape index (κ2) is 25.0. The zero-order valence-electron chi connectivity index (χ0n) is 32.5. The van der Waals surface area contributed by atoms with Crippen LogP contribution in [0.3, 0.4) is 0 Å². The van der Waals surface area contributed by atoms with Gasteiger partial charge in [-0.25, -0.2) is 0 Å². The number of rotatable bonds is 5. The van der Waals surface area contributed by atoms with Crippen molar-refractivity contribution in [3.8, 4) is 0 Å². The number of non-ortho nitro benzene ring substituents is 5. The number of hydrogen-bond acceptors (Lipinski definition) is 10. The summed E-state index contributed by atoms with van der Waals surface area (Å²) in [5.41, 5.74) is -8.16. The summed E-state index contributed by atoms with van der Waals surface area (Å²) in [6.45, 7) is 0. The Morgan fingerprint density at radius 3 is 0.471 bits per heavy atom. The molecular formula is C35H15Br5F15N5O10. The third kappa shape index (κ3) is 19.7. The van der Waals surface area contributed by atoms with Crippen LogP contribution in [0.25, 0.3) is 0 Å². The molecule has 0 aliphatic carbocycles. The summed E-state index contributed by atoms with van der Waals surface area (Å²) in [6.07, 6.45) is -23.0. The first kappa shape index (κ1) is 62.5. The first-order valence-electron chi connectivity index (χ1n) is 16.7. The van der Waals surface area contributed by atoms with Gasteiger partial charge in [0.05, 0.1) is 52.4 Å². The van der Waals surface area contributed by atoms with E-state index in [0.29, 0.717) is 30.3 Å². The van der Waals surface area contributed by atoms with Crippen molar-refractivity contribution in [2.75, 3.05) is 0 Å². The van der Waals surface area contributed by atoms with E-state index < -0.39 is 112 Å². The third-order valence-corrected chi connectivity index (χ3v) is 10.8. The van der Waals surface area contributed by atoms with E-state index in [9.17, 15) is 116 Å². The Kier molecular flexibility index (Phi) is 22.3. The summed E-state index contributed by atoms with van der Waals surface area (Å²) < 4.78 is 183. The first-order chi connectivity index (χ1) is 31.6. The van der Waals surface area contributed by atoms with Crippen LogP contribution in [-0.2, 0) is 30.9 Å². The van der Waals surface area contributed by atoms with Gasteiger partial charge in [-0.15, -0.1) is 0 Å². The summed E-state index contributed by atoms with van der Waals surface area (Å²) in [6, 6.07) is 12.5. The molecule has 0 atom stereocenters. The van der Waals surface area contributed by atoms with Gasteiger partial charge in [-0.3, -0.25) is 50.6 Å². The van der Waals surface area contributed by atoms with Gasteiger partial charge in [-0.1, -0.05) is 79.6 Å². The lowest BCUT2D eigenvalue weighted by atomic mass is 10.2. The van der Waals surface area contributed by atoms with E-state index in [4.69, 9.17) is 0 Å². The average Bonchev–Trinajstić information content (AvgIpc) is 3.20. The summed E-state index contributed by atoms with van der Waals surface area (Å²) in [7, 11) is 0. The lowest BCUT2D eigenvalue weighted by Gasteiger charge is -2.07. The highest BCUT2D eigenvalue weighted by Crippen LogP contribution is 2.41. The van der Waals surface area contributed by atoms with Gasteiger partial charge in [0.1, 0.15) is 0 Å². The number of nitro groups is 5. The average molecular weight is 1350 g/mol. The molecule has 0 saturated carbocycles. The SMILES string of the molecule is O=[N+]([O-])c1ccc(Br)c(C(F)(F)F)c1.O=[N+]([O-])c1ccc(Br)c(C(F)(F)F)c1.O=[N+]([O-])c1ccc(Br)c(C(F)(F)F)c1.O=[N+]([O-])c1ccc(Br)c(C(F)(F)F)c1.O=[N+]([O-])c1ccc(Br)c(C(F)(F)F)c1. The quantitative estimate of drug-likeness (QED) is 0.0921. The van der Waals surface area contributed by atoms with Crippen molar-refractivity contribution in [3.63, 3.8) is 0 Å². The van der Waals surface area contributed by atoms with E-state index in [-0.39, 0.29) is 22.4 Å². The highest BCUT2D eigenvalue weighted by Gasteiger charge is 2.38. The minimum absolute atomic E-state index is 0.212. The summed E-state index contributed by atoms with van der Waals surface area (Å²) in [4.78, 5) is 46.7. The molecule has 5 rings (SSSR count). The molecule has 0 aromatic heterocycles. The number of nitrogens with zero attached hydrogens (tertiary/aromatic N) is 5. The molecule has 0 unspecified atom stereocenters.